The highest BCUT2D eigenvalue weighted by atomic mass is 32.1. The zero-order valence-electron chi connectivity index (χ0n) is 13.6. The SMILES string of the molecule is CN1CCN(C(C)(C)CNC(c2cccs2)C2CC2)CC1. The Balaban J connectivity index is 1.57. The molecule has 1 aromatic heterocycles. The van der Waals surface area contributed by atoms with Gasteiger partial charge in [-0.3, -0.25) is 4.90 Å². The van der Waals surface area contributed by atoms with Gasteiger partial charge in [0.25, 0.3) is 0 Å². The molecule has 1 aromatic rings. The van der Waals surface area contributed by atoms with Crippen molar-refractivity contribution in [1.82, 2.24) is 15.1 Å². The average molecular weight is 308 g/mol. The lowest BCUT2D eigenvalue weighted by Crippen LogP contribution is -2.57. The highest BCUT2D eigenvalue weighted by molar-refractivity contribution is 7.10. The molecule has 1 aliphatic carbocycles. The second-order valence-corrected chi connectivity index (χ2v) is 8.29. The molecule has 2 aliphatic rings. The quantitative estimate of drug-likeness (QED) is 0.872. The van der Waals surface area contributed by atoms with Crippen LogP contribution in [0.2, 0.25) is 0 Å². The molecule has 2 heterocycles. The van der Waals surface area contributed by atoms with E-state index in [0.29, 0.717) is 6.04 Å². The third kappa shape index (κ3) is 3.86. The Hall–Kier alpha value is -0.420. The molecule has 0 amide bonds. The number of hydrogen-bond donors (Lipinski definition) is 1. The van der Waals surface area contributed by atoms with Crippen LogP contribution in [0.25, 0.3) is 0 Å². The molecule has 3 rings (SSSR count). The predicted octanol–water partition coefficient (Wildman–Crippen LogP) is 2.81. The van der Waals surface area contributed by atoms with E-state index < -0.39 is 0 Å². The minimum absolute atomic E-state index is 0.242. The van der Waals surface area contributed by atoms with Crippen molar-refractivity contribution in [2.24, 2.45) is 5.92 Å². The molecule has 0 bridgehead atoms. The Morgan fingerprint density at radius 2 is 2.00 bits per heavy atom. The minimum Gasteiger partial charge on any atom is -0.307 e. The lowest BCUT2D eigenvalue weighted by molar-refractivity contribution is 0.0597. The average Bonchev–Trinajstić information content (AvgIpc) is 3.14. The molecular formula is C17H29N3S. The van der Waals surface area contributed by atoms with Crippen LogP contribution in [0, 0.1) is 5.92 Å². The zero-order valence-corrected chi connectivity index (χ0v) is 14.5. The van der Waals surface area contributed by atoms with Crippen LogP contribution in [0.5, 0.6) is 0 Å². The first-order chi connectivity index (χ1) is 10.1. The third-order valence-electron chi connectivity index (χ3n) is 5.06. The molecule has 4 heteroatoms. The van der Waals surface area contributed by atoms with Crippen molar-refractivity contribution in [3.63, 3.8) is 0 Å². The second-order valence-electron chi connectivity index (χ2n) is 7.31. The monoisotopic (exact) mass is 307 g/mol. The number of rotatable bonds is 6. The van der Waals surface area contributed by atoms with Crippen molar-refractivity contribution >= 4 is 11.3 Å². The van der Waals surface area contributed by atoms with Gasteiger partial charge in [0.05, 0.1) is 0 Å². The molecule has 1 aliphatic heterocycles. The normalized spacial score (nSPS) is 23.4. The summed E-state index contributed by atoms with van der Waals surface area (Å²) >= 11 is 1.90. The van der Waals surface area contributed by atoms with Crippen LogP contribution >= 0.6 is 11.3 Å². The van der Waals surface area contributed by atoms with E-state index in [1.807, 2.05) is 11.3 Å². The summed E-state index contributed by atoms with van der Waals surface area (Å²) in [7, 11) is 2.22. The first-order valence-electron chi connectivity index (χ1n) is 8.27. The highest BCUT2D eigenvalue weighted by Crippen LogP contribution is 2.42. The molecule has 2 fully saturated rings. The van der Waals surface area contributed by atoms with Gasteiger partial charge in [-0.05, 0) is 51.1 Å². The van der Waals surface area contributed by atoms with Gasteiger partial charge in [0, 0.05) is 49.2 Å². The molecule has 1 saturated heterocycles. The Labute approximate surface area is 133 Å². The van der Waals surface area contributed by atoms with Gasteiger partial charge in [0.1, 0.15) is 0 Å². The van der Waals surface area contributed by atoms with Crippen molar-refractivity contribution in [2.45, 2.75) is 38.3 Å². The molecule has 21 heavy (non-hydrogen) atoms. The predicted molar refractivity (Wildman–Crippen MR) is 90.9 cm³/mol. The van der Waals surface area contributed by atoms with Crippen molar-refractivity contribution in [1.29, 1.82) is 0 Å². The summed E-state index contributed by atoms with van der Waals surface area (Å²) in [5.74, 6) is 0.868. The number of likely N-dealkylation sites (N-methyl/N-ethyl adjacent to an activating group) is 1. The number of piperazine rings is 1. The van der Waals surface area contributed by atoms with E-state index in [4.69, 9.17) is 0 Å². The molecule has 1 unspecified atom stereocenters. The maximum absolute atomic E-state index is 3.89. The van der Waals surface area contributed by atoms with Gasteiger partial charge in [-0.1, -0.05) is 6.07 Å². The summed E-state index contributed by atoms with van der Waals surface area (Å²) < 4.78 is 0. The number of hydrogen-bond acceptors (Lipinski definition) is 4. The lowest BCUT2D eigenvalue weighted by Gasteiger charge is -2.44. The molecule has 118 valence electrons. The maximum atomic E-state index is 3.89. The fourth-order valence-electron chi connectivity index (χ4n) is 3.28. The van der Waals surface area contributed by atoms with Crippen molar-refractivity contribution in [3.8, 4) is 0 Å². The van der Waals surface area contributed by atoms with E-state index in [2.05, 4.69) is 53.5 Å². The van der Waals surface area contributed by atoms with E-state index >= 15 is 0 Å². The van der Waals surface area contributed by atoms with Crippen LogP contribution in [-0.4, -0.2) is 55.1 Å². The Morgan fingerprint density at radius 1 is 1.29 bits per heavy atom. The van der Waals surface area contributed by atoms with Gasteiger partial charge in [-0.15, -0.1) is 11.3 Å². The summed E-state index contributed by atoms with van der Waals surface area (Å²) in [4.78, 5) is 6.60. The number of nitrogens with zero attached hydrogens (tertiary/aromatic N) is 2. The van der Waals surface area contributed by atoms with Gasteiger partial charge in [0.15, 0.2) is 0 Å². The molecule has 3 nitrogen and oxygen atoms in total. The van der Waals surface area contributed by atoms with Gasteiger partial charge < -0.3 is 10.2 Å². The van der Waals surface area contributed by atoms with Gasteiger partial charge in [-0.2, -0.15) is 0 Å². The summed E-state index contributed by atoms with van der Waals surface area (Å²) in [6.07, 6.45) is 2.79. The first kappa shape index (κ1) is 15.5. The molecule has 0 spiro atoms. The highest BCUT2D eigenvalue weighted by Gasteiger charge is 2.35. The van der Waals surface area contributed by atoms with Crippen LogP contribution < -0.4 is 5.32 Å². The van der Waals surface area contributed by atoms with Crippen LogP contribution in [0.1, 0.15) is 37.6 Å². The van der Waals surface area contributed by atoms with E-state index in [1.165, 1.54) is 43.9 Å². The van der Waals surface area contributed by atoms with Crippen LogP contribution in [0.3, 0.4) is 0 Å². The number of nitrogens with one attached hydrogen (secondary N) is 1. The standard InChI is InChI=1S/C17H29N3S/c1-17(2,20-10-8-19(3)9-11-20)13-18-16(14-6-7-14)15-5-4-12-21-15/h4-5,12,14,16,18H,6-11,13H2,1-3H3. The third-order valence-corrected chi connectivity index (χ3v) is 6.01. The Kier molecular flexibility index (Phi) is 4.69. The van der Waals surface area contributed by atoms with E-state index in [9.17, 15) is 0 Å². The summed E-state index contributed by atoms with van der Waals surface area (Å²) in [6.45, 7) is 10.6. The lowest BCUT2D eigenvalue weighted by atomic mass is 10.00. The van der Waals surface area contributed by atoms with E-state index in [-0.39, 0.29) is 5.54 Å². The van der Waals surface area contributed by atoms with Gasteiger partial charge in [0.2, 0.25) is 0 Å². The fourth-order valence-corrected chi connectivity index (χ4v) is 4.17. The summed E-state index contributed by atoms with van der Waals surface area (Å²) in [5.41, 5.74) is 0.242. The molecule has 0 radical (unpaired) electrons. The molecule has 1 N–H and O–H groups in total. The van der Waals surface area contributed by atoms with Gasteiger partial charge >= 0.3 is 0 Å². The molecule has 1 saturated carbocycles. The van der Waals surface area contributed by atoms with Crippen molar-refractivity contribution in [3.05, 3.63) is 22.4 Å². The topological polar surface area (TPSA) is 18.5 Å². The van der Waals surface area contributed by atoms with E-state index in [1.54, 1.807) is 0 Å². The van der Waals surface area contributed by atoms with E-state index in [0.717, 1.165) is 12.5 Å². The van der Waals surface area contributed by atoms with Crippen LogP contribution in [-0.2, 0) is 0 Å². The minimum atomic E-state index is 0.242. The molecule has 0 aromatic carbocycles. The first-order valence-corrected chi connectivity index (χ1v) is 9.14. The van der Waals surface area contributed by atoms with Crippen molar-refractivity contribution < 1.29 is 0 Å². The van der Waals surface area contributed by atoms with Crippen LogP contribution in [0.15, 0.2) is 17.5 Å². The fraction of sp³-hybridized carbons (Fsp3) is 0.765. The Morgan fingerprint density at radius 3 is 2.57 bits per heavy atom. The van der Waals surface area contributed by atoms with Crippen LogP contribution in [0.4, 0.5) is 0 Å². The molecular weight excluding hydrogens is 278 g/mol. The second kappa shape index (κ2) is 6.37. The van der Waals surface area contributed by atoms with Crippen molar-refractivity contribution in [2.75, 3.05) is 39.8 Å². The molecule has 1 atom stereocenters. The summed E-state index contributed by atoms with van der Waals surface area (Å²) in [5, 5.41) is 6.09. The zero-order chi connectivity index (χ0) is 14.9. The Bertz CT molecular complexity index is 431. The largest absolute Gasteiger partial charge is 0.307 e. The summed E-state index contributed by atoms with van der Waals surface area (Å²) in [6, 6.07) is 5.06. The van der Waals surface area contributed by atoms with Gasteiger partial charge in [-0.25, -0.2) is 0 Å². The maximum Gasteiger partial charge on any atom is 0.0444 e. The number of thiophene rings is 1. The smallest absolute Gasteiger partial charge is 0.0444 e.